The lowest BCUT2D eigenvalue weighted by Gasteiger charge is -2.06. The van der Waals surface area contributed by atoms with Crippen LogP contribution in [0.15, 0.2) is 24.5 Å². The van der Waals surface area contributed by atoms with E-state index >= 15 is 0 Å². The van der Waals surface area contributed by atoms with Gasteiger partial charge in [0.2, 0.25) is 0 Å². The molecular weight excluding hydrogens is 352 g/mol. The molecule has 3 aromatic heterocycles. The van der Waals surface area contributed by atoms with E-state index in [1.54, 1.807) is 25.3 Å². The van der Waals surface area contributed by atoms with Crippen LogP contribution in [0, 0.1) is 6.92 Å². The highest BCUT2D eigenvalue weighted by molar-refractivity contribution is 7.18. The molecule has 26 heavy (non-hydrogen) atoms. The molecule has 0 aromatic carbocycles. The molecule has 1 N–H and O–H groups in total. The first-order chi connectivity index (χ1) is 12.4. The van der Waals surface area contributed by atoms with Gasteiger partial charge in [-0.25, -0.2) is 14.5 Å². The predicted octanol–water partition coefficient (Wildman–Crippen LogP) is 3.81. The molecule has 0 unspecified atom stereocenters. The average molecular weight is 372 g/mol. The van der Waals surface area contributed by atoms with E-state index < -0.39 is 0 Å². The predicted molar refractivity (Wildman–Crippen MR) is 101 cm³/mol. The molecule has 0 aliphatic carbocycles. The number of nitrogens with zero attached hydrogens (tertiary/aromatic N) is 3. The lowest BCUT2D eigenvalue weighted by molar-refractivity contribution is 0.0531. The van der Waals surface area contributed by atoms with Gasteiger partial charge in [0, 0.05) is 17.6 Å². The largest absolute Gasteiger partial charge is 0.462 e. The summed E-state index contributed by atoms with van der Waals surface area (Å²) in [6, 6.07) is 3.71. The fraction of sp³-hybridized carbons (Fsp3) is 0.333. The molecule has 0 aliphatic heterocycles. The Bertz CT molecular complexity index is 974. The van der Waals surface area contributed by atoms with Crippen LogP contribution in [0.5, 0.6) is 0 Å². The Labute approximate surface area is 155 Å². The first kappa shape index (κ1) is 18.1. The number of esters is 1. The monoisotopic (exact) mass is 372 g/mol. The van der Waals surface area contributed by atoms with Crippen molar-refractivity contribution in [2.24, 2.45) is 0 Å². The van der Waals surface area contributed by atoms with Gasteiger partial charge in [0.15, 0.2) is 5.65 Å². The maximum absolute atomic E-state index is 12.5. The minimum atomic E-state index is -0.375. The topological polar surface area (TPSA) is 86.1 Å². The molecule has 8 heteroatoms. The zero-order chi connectivity index (χ0) is 18.8. The van der Waals surface area contributed by atoms with E-state index in [0.29, 0.717) is 22.0 Å². The van der Waals surface area contributed by atoms with Crippen molar-refractivity contribution in [2.75, 3.05) is 11.9 Å². The SMILES string of the molecule is CCOC(=O)c1sc(NC(=O)c2cnc3c(cnn3C(C)C)c2)cc1C. The van der Waals surface area contributed by atoms with E-state index in [1.165, 1.54) is 17.5 Å². The molecular formula is C18H20N4O3S. The zero-order valence-electron chi connectivity index (χ0n) is 15.1. The number of aromatic nitrogens is 3. The summed E-state index contributed by atoms with van der Waals surface area (Å²) >= 11 is 1.20. The quantitative estimate of drug-likeness (QED) is 0.688. The van der Waals surface area contributed by atoms with Gasteiger partial charge >= 0.3 is 5.97 Å². The summed E-state index contributed by atoms with van der Waals surface area (Å²) in [5, 5.41) is 8.52. The molecule has 7 nitrogen and oxygen atoms in total. The van der Waals surface area contributed by atoms with Crippen LogP contribution < -0.4 is 5.32 Å². The molecule has 3 heterocycles. The number of hydrogen-bond donors (Lipinski definition) is 1. The zero-order valence-corrected chi connectivity index (χ0v) is 15.9. The molecule has 3 rings (SSSR count). The van der Waals surface area contributed by atoms with Gasteiger partial charge in [-0.3, -0.25) is 4.79 Å². The summed E-state index contributed by atoms with van der Waals surface area (Å²) < 4.78 is 6.83. The van der Waals surface area contributed by atoms with Crippen LogP contribution in [0.3, 0.4) is 0 Å². The van der Waals surface area contributed by atoms with E-state index in [9.17, 15) is 9.59 Å². The molecule has 1 amide bonds. The standard InChI is InChI=1S/C18H20N4O3S/c1-5-25-18(24)15-11(4)6-14(26-15)21-17(23)13-7-12-9-20-22(10(2)3)16(12)19-8-13/h6-10H,5H2,1-4H3,(H,21,23). The number of nitrogens with one attached hydrogen (secondary N) is 1. The second-order valence-corrected chi connectivity index (χ2v) is 7.17. The Balaban J connectivity index is 1.81. The molecule has 0 radical (unpaired) electrons. The molecule has 0 atom stereocenters. The highest BCUT2D eigenvalue weighted by Gasteiger charge is 2.17. The van der Waals surface area contributed by atoms with Gasteiger partial charge in [0.05, 0.1) is 23.4 Å². The summed E-state index contributed by atoms with van der Waals surface area (Å²) in [6.45, 7) is 7.93. The highest BCUT2D eigenvalue weighted by Crippen LogP contribution is 2.28. The molecule has 3 aromatic rings. The van der Waals surface area contributed by atoms with Crippen molar-refractivity contribution in [3.05, 3.63) is 40.5 Å². The van der Waals surface area contributed by atoms with Crippen LogP contribution in [0.2, 0.25) is 0 Å². The van der Waals surface area contributed by atoms with Crippen LogP contribution in [0.4, 0.5) is 5.00 Å². The lowest BCUT2D eigenvalue weighted by atomic mass is 10.2. The first-order valence-electron chi connectivity index (χ1n) is 8.32. The summed E-state index contributed by atoms with van der Waals surface area (Å²) in [6.07, 6.45) is 3.23. The third-order valence-electron chi connectivity index (χ3n) is 3.80. The summed E-state index contributed by atoms with van der Waals surface area (Å²) in [7, 11) is 0. The number of amides is 1. The Hall–Kier alpha value is -2.74. The number of hydrogen-bond acceptors (Lipinski definition) is 6. The second-order valence-electron chi connectivity index (χ2n) is 6.12. The molecule has 0 spiro atoms. The van der Waals surface area contributed by atoms with Crippen molar-refractivity contribution in [2.45, 2.75) is 33.7 Å². The molecule has 0 bridgehead atoms. The van der Waals surface area contributed by atoms with Crippen LogP contribution in [-0.4, -0.2) is 33.2 Å². The maximum Gasteiger partial charge on any atom is 0.348 e. The van der Waals surface area contributed by atoms with Crippen molar-refractivity contribution < 1.29 is 14.3 Å². The number of anilines is 1. The van der Waals surface area contributed by atoms with Gasteiger partial charge in [0.1, 0.15) is 4.88 Å². The van der Waals surface area contributed by atoms with Crippen molar-refractivity contribution >= 4 is 39.2 Å². The van der Waals surface area contributed by atoms with Gasteiger partial charge in [-0.2, -0.15) is 5.10 Å². The molecule has 0 fully saturated rings. The van der Waals surface area contributed by atoms with Gasteiger partial charge in [-0.15, -0.1) is 11.3 Å². The third kappa shape index (κ3) is 3.45. The van der Waals surface area contributed by atoms with Gasteiger partial charge < -0.3 is 10.1 Å². The van der Waals surface area contributed by atoms with Crippen LogP contribution in [0.1, 0.15) is 52.4 Å². The second kappa shape index (κ2) is 7.25. The number of aryl methyl sites for hydroxylation is 1. The lowest BCUT2D eigenvalue weighted by Crippen LogP contribution is -2.11. The fourth-order valence-corrected chi connectivity index (χ4v) is 3.53. The van der Waals surface area contributed by atoms with Crippen molar-refractivity contribution in [1.82, 2.24) is 14.8 Å². The fourth-order valence-electron chi connectivity index (χ4n) is 2.57. The minimum absolute atomic E-state index is 0.190. The van der Waals surface area contributed by atoms with Crippen LogP contribution in [0.25, 0.3) is 11.0 Å². The van der Waals surface area contributed by atoms with Crippen molar-refractivity contribution in [3.8, 4) is 0 Å². The Morgan fingerprint density at radius 2 is 2.08 bits per heavy atom. The molecule has 0 aliphatic rings. The minimum Gasteiger partial charge on any atom is -0.462 e. The number of rotatable bonds is 5. The number of pyridine rings is 1. The number of carbonyl (C=O) groups is 2. The molecule has 0 saturated carbocycles. The molecule has 136 valence electrons. The first-order valence-corrected chi connectivity index (χ1v) is 9.14. The Morgan fingerprint density at radius 3 is 2.77 bits per heavy atom. The van der Waals surface area contributed by atoms with Gasteiger partial charge in [0.25, 0.3) is 5.91 Å². The number of fused-ring (bicyclic) bond motifs is 1. The van der Waals surface area contributed by atoms with E-state index in [1.807, 2.05) is 25.5 Å². The van der Waals surface area contributed by atoms with E-state index in [0.717, 1.165) is 16.6 Å². The highest BCUT2D eigenvalue weighted by atomic mass is 32.1. The van der Waals surface area contributed by atoms with Crippen molar-refractivity contribution in [1.29, 1.82) is 0 Å². The van der Waals surface area contributed by atoms with Crippen molar-refractivity contribution in [3.63, 3.8) is 0 Å². The summed E-state index contributed by atoms with van der Waals surface area (Å²) in [5.41, 5.74) is 1.95. The number of carbonyl (C=O) groups excluding carboxylic acids is 2. The number of ether oxygens (including phenoxy) is 1. The third-order valence-corrected chi connectivity index (χ3v) is 4.93. The summed E-state index contributed by atoms with van der Waals surface area (Å²) in [5.74, 6) is -0.659. The maximum atomic E-state index is 12.5. The summed E-state index contributed by atoms with van der Waals surface area (Å²) in [4.78, 5) is 29.3. The van der Waals surface area contributed by atoms with E-state index in [2.05, 4.69) is 15.4 Å². The van der Waals surface area contributed by atoms with E-state index in [4.69, 9.17) is 4.74 Å². The van der Waals surface area contributed by atoms with Crippen LogP contribution in [-0.2, 0) is 4.74 Å². The molecule has 0 saturated heterocycles. The van der Waals surface area contributed by atoms with Gasteiger partial charge in [-0.05, 0) is 45.4 Å². The smallest absolute Gasteiger partial charge is 0.348 e. The number of thiophene rings is 1. The van der Waals surface area contributed by atoms with E-state index in [-0.39, 0.29) is 17.9 Å². The van der Waals surface area contributed by atoms with Gasteiger partial charge in [-0.1, -0.05) is 0 Å². The Kier molecular flexibility index (Phi) is 5.03. The Morgan fingerprint density at radius 1 is 1.31 bits per heavy atom. The van der Waals surface area contributed by atoms with Crippen LogP contribution >= 0.6 is 11.3 Å². The average Bonchev–Trinajstić information content (AvgIpc) is 3.17. The normalized spacial score (nSPS) is 11.1.